The summed E-state index contributed by atoms with van der Waals surface area (Å²) in [6.45, 7) is 9.13. The topological polar surface area (TPSA) is 89.9 Å². The summed E-state index contributed by atoms with van der Waals surface area (Å²) in [7, 11) is 0. The van der Waals surface area contributed by atoms with Crippen molar-refractivity contribution in [2.24, 2.45) is 23.7 Å². The Kier molecular flexibility index (Phi) is 7.75. The van der Waals surface area contributed by atoms with Gasteiger partial charge in [-0.2, -0.15) is 0 Å². The monoisotopic (exact) mass is 422 g/mol. The third-order valence-electron chi connectivity index (χ3n) is 5.15. The van der Waals surface area contributed by atoms with Crippen molar-refractivity contribution < 1.29 is 33.4 Å². The van der Waals surface area contributed by atoms with Crippen LogP contribution in [0.5, 0.6) is 0 Å². The first kappa shape index (κ1) is 24.0. The van der Waals surface area contributed by atoms with E-state index < -0.39 is 46.9 Å². The molecule has 0 radical (unpaired) electrons. The van der Waals surface area contributed by atoms with Crippen molar-refractivity contribution in [2.75, 3.05) is 13.2 Å². The molecule has 2 rings (SSSR count). The molecule has 0 heterocycles. The number of hydrogen-bond donors (Lipinski definition) is 1. The second-order valence-corrected chi connectivity index (χ2v) is 9.08. The standard InChI is InChI=1S/C23H31FO6/c1-13(2)11-29-21(26)19-17(25)10-23(5,28)20(22(27)30-12-14(3)4)18(19)15-6-8-16(24)9-7-15/h6-9,13-14,18-20,28H,10-12H2,1-5H3/t18-,19+,20+,23-/m1/s1. The van der Waals surface area contributed by atoms with Crippen LogP contribution in [0.3, 0.4) is 0 Å². The van der Waals surface area contributed by atoms with Crippen molar-refractivity contribution in [3.63, 3.8) is 0 Å². The molecule has 1 aromatic rings. The molecule has 0 amide bonds. The molecule has 6 nitrogen and oxygen atoms in total. The van der Waals surface area contributed by atoms with Crippen LogP contribution in [0.4, 0.5) is 4.39 Å². The number of Topliss-reactive ketones (excluding diaryl/α,β-unsaturated/α-hetero) is 1. The predicted molar refractivity (Wildman–Crippen MR) is 108 cm³/mol. The fourth-order valence-electron chi connectivity index (χ4n) is 3.78. The highest BCUT2D eigenvalue weighted by atomic mass is 19.1. The average molecular weight is 422 g/mol. The van der Waals surface area contributed by atoms with Crippen molar-refractivity contribution in [2.45, 2.75) is 52.6 Å². The van der Waals surface area contributed by atoms with Gasteiger partial charge in [0.25, 0.3) is 0 Å². The van der Waals surface area contributed by atoms with Crippen molar-refractivity contribution >= 4 is 17.7 Å². The van der Waals surface area contributed by atoms with Crippen LogP contribution >= 0.6 is 0 Å². The summed E-state index contributed by atoms with van der Waals surface area (Å²) < 4.78 is 24.2. The first-order valence-corrected chi connectivity index (χ1v) is 10.3. The SMILES string of the molecule is CC(C)COC(=O)[C@H]1C(=O)C[C@@](C)(O)[C@H](C(=O)OCC(C)C)[C@@H]1c1ccc(F)cc1. The van der Waals surface area contributed by atoms with Crippen molar-refractivity contribution in [3.8, 4) is 0 Å². The third kappa shape index (κ3) is 5.65. The number of esters is 2. The van der Waals surface area contributed by atoms with E-state index in [1.807, 2.05) is 27.7 Å². The quantitative estimate of drug-likeness (QED) is 0.536. The zero-order valence-corrected chi connectivity index (χ0v) is 18.2. The fourth-order valence-corrected chi connectivity index (χ4v) is 3.78. The highest BCUT2D eigenvalue weighted by Crippen LogP contribution is 2.46. The van der Waals surface area contributed by atoms with E-state index in [-0.39, 0.29) is 31.5 Å². The van der Waals surface area contributed by atoms with E-state index in [0.717, 1.165) is 0 Å². The summed E-state index contributed by atoms with van der Waals surface area (Å²) in [5.41, 5.74) is -1.33. The van der Waals surface area contributed by atoms with E-state index in [1.54, 1.807) is 0 Å². The zero-order valence-electron chi connectivity index (χ0n) is 18.2. The lowest BCUT2D eigenvalue weighted by molar-refractivity contribution is -0.173. The minimum Gasteiger partial charge on any atom is -0.465 e. The van der Waals surface area contributed by atoms with E-state index in [0.29, 0.717) is 5.56 Å². The Morgan fingerprint density at radius 2 is 1.57 bits per heavy atom. The van der Waals surface area contributed by atoms with Crippen LogP contribution in [0.25, 0.3) is 0 Å². The van der Waals surface area contributed by atoms with Crippen LogP contribution in [0.1, 0.15) is 52.5 Å². The predicted octanol–water partition coefficient (Wildman–Crippen LogP) is 3.26. The van der Waals surface area contributed by atoms with Gasteiger partial charge in [0.2, 0.25) is 0 Å². The van der Waals surface area contributed by atoms with Crippen molar-refractivity contribution in [1.82, 2.24) is 0 Å². The molecule has 166 valence electrons. The van der Waals surface area contributed by atoms with Crippen LogP contribution in [-0.2, 0) is 23.9 Å². The molecule has 1 aromatic carbocycles. The lowest BCUT2D eigenvalue weighted by atomic mass is 9.61. The summed E-state index contributed by atoms with van der Waals surface area (Å²) in [5, 5.41) is 11.0. The molecule has 30 heavy (non-hydrogen) atoms. The second-order valence-electron chi connectivity index (χ2n) is 9.08. The zero-order chi connectivity index (χ0) is 22.6. The molecule has 0 bridgehead atoms. The van der Waals surface area contributed by atoms with E-state index in [1.165, 1.54) is 31.2 Å². The van der Waals surface area contributed by atoms with Gasteiger partial charge >= 0.3 is 11.9 Å². The molecule has 0 aliphatic heterocycles. The largest absolute Gasteiger partial charge is 0.465 e. The van der Waals surface area contributed by atoms with Gasteiger partial charge in [-0.3, -0.25) is 14.4 Å². The Bertz CT molecular complexity index is 768. The number of rotatable bonds is 7. The molecule has 0 spiro atoms. The summed E-state index contributed by atoms with van der Waals surface area (Å²) in [4.78, 5) is 38.7. The summed E-state index contributed by atoms with van der Waals surface area (Å²) in [6, 6.07) is 5.21. The van der Waals surface area contributed by atoms with E-state index >= 15 is 0 Å². The molecule has 1 N–H and O–H groups in total. The highest BCUT2D eigenvalue weighted by molar-refractivity contribution is 6.02. The van der Waals surface area contributed by atoms with Gasteiger partial charge in [-0.25, -0.2) is 4.39 Å². The van der Waals surface area contributed by atoms with Crippen molar-refractivity contribution in [1.29, 1.82) is 0 Å². The Labute approximate surface area is 176 Å². The highest BCUT2D eigenvalue weighted by Gasteiger charge is 2.57. The number of ketones is 1. The van der Waals surface area contributed by atoms with Gasteiger partial charge in [0.15, 0.2) is 5.78 Å². The Hall–Kier alpha value is -2.28. The maximum atomic E-state index is 13.5. The molecule has 1 aliphatic rings. The fraction of sp³-hybridized carbons (Fsp3) is 0.609. The molecule has 0 saturated heterocycles. The lowest BCUT2D eigenvalue weighted by Gasteiger charge is -2.43. The van der Waals surface area contributed by atoms with Gasteiger partial charge in [-0.15, -0.1) is 0 Å². The van der Waals surface area contributed by atoms with Crippen LogP contribution in [0.15, 0.2) is 24.3 Å². The van der Waals surface area contributed by atoms with E-state index in [4.69, 9.17) is 9.47 Å². The molecule has 0 unspecified atom stereocenters. The molecular weight excluding hydrogens is 391 g/mol. The van der Waals surface area contributed by atoms with Gasteiger partial charge in [-0.05, 0) is 36.5 Å². The first-order chi connectivity index (χ1) is 13.9. The average Bonchev–Trinajstić information content (AvgIpc) is 2.63. The maximum absolute atomic E-state index is 13.5. The lowest BCUT2D eigenvalue weighted by Crippen LogP contribution is -2.55. The van der Waals surface area contributed by atoms with Gasteiger partial charge in [0.05, 0.1) is 24.7 Å². The normalized spacial score (nSPS) is 26.7. The number of hydrogen-bond acceptors (Lipinski definition) is 6. The molecule has 4 atom stereocenters. The van der Waals surface area contributed by atoms with Crippen LogP contribution in [0, 0.1) is 29.5 Å². The van der Waals surface area contributed by atoms with Crippen LogP contribution < -0.4 is 0 Å². The van der Waals surface area contributed by atoms with Crippen LogP contribution in [-0.4, -0.2) is 41.6 Å². The van der Waals surface area contributed by atoms with Gasteiger partial charge < -0.3 is 14.6 Å². The van der Waals surface area contributed by atoms with Gasteiger partial charge in [0, 0.05) is 12.3 Å². The number of carbonyl (C=O) groups excluding carboxylic acids is 3. The summed E-state index contributed by atoms with van der Waals surface area (Å²) in [6.07, 6.45) is -0.381. The number of benzene rings is 1. The second kappa shape index (κ2) is 9.69. The molecule has 1 aliphatic carbocycles. The minimum atomic E-state index is -1.72. The Balaban J connectivity index is 2.51. The number of aliphatic hydroxyl groups is 1. The molecule has 1 saturated carbocycles. The number of carbonyl (C=O) groups is 3. The van der Waals surface area contributed by atoms with Crippen molar-refractivity contribution in [3.05, 3.63) is 35.6 Å². The number of ether oxygens (including phenoxy) is 2. The Morgan fingerprint density at radius 1 is 1.07 bits per heavy atom. The molecular formula is C23H31FO6. The molecule has 7 heteroatoms. The first-order valence-electron chi connectivity index (χ1n) is 10.3. The van der Waals surface area contributed by atoms with Gasteiger partial charge in [0.1, 0.15) is 11.7 Å². The Morgan fingerprint density at radius 3 is 2.07 bits per heavy atom. The summed E-state index contributed by atoms with van der Waals surface area (Å²) >= 11 is 0. The van der Waals surface area contributed by atoms with E-state index in [2.05, 4.69) is 0 Å². The van der Waals surface area contributed by atoms with Gasteiger partial charge in [-0.1, -0.05) is 39.8 Å². The minimum absolute atomic E-state index is 0.0619. The number of halogens is 1. The smallest absolute Gasteiger partial charge is 0.317 e. The van der Waals surface area contributed by atoms with E-state index in [9.17, 15) is 23.9 Å². The molecule has 1 fully saturated rings. The van der Waals surface area contributed by atoms with Crippen LogP contribution in [0.2, 0.25) is 0 Å². The molecule has 0 aromatic heterocycles. The summed E-state index contributed by atoms with van der Waals surface area (Å²) in [5.74, 6) is -5.82. The maximum Gasteiger partial charge on any atom is 0.317 e. The third-order valence-corrected chi connectivity index (χ3v) is 5.15.